The lowest BCUT2D eigenvalue weighted by Crippen LogP contribution is -2.05. The van der Waals surface area contributed by atoms with Crippen molar-refractivity contribution in [3.05, 3.63) is 34.9 Å². The molecule has 1 rings (SSSR count). The molecule has 2 N–H and O–H groups in total. The molecule has 1 atom stereocenters. The molecule has 0 heterocycles. The Bertz CT molecular complexity index is 388. The minimum atomic E-state index is -0.742. The Labute approximate surface area is 107 Å². The topological polar surface area (TPSA) is 43.1 Å². The monoisotopic (exact) mass is 253 g/mol. The third-order valence-corrected chi connectivity index (χ3v) is 4.21. The zero-order chi connectivity index (χ0) is 12.8. The van der Waals surface area contributed by atoms with Crippen LogP contribution < -0.4 is 5.73 Å². The van der Waals surface area contributed by atoms with Gasteiger partial charge in [0.25, 0.3) is 0 Å². The van der Waals surface area contributed by atoms with Gasteiger partial charge < -0.3 is 5.73 Å². The molecule has 17 heavy (non-hydrogen) atoms. The molecule has 0 aliphatic rings. The molecule has 3 heteroatoms. The highest BCUT2D eigenvalue weighted by Crippen LogP contribution is 2.14. The summed E-state index contributed by atoms with van der Waals surface area (Å²) in [5.74, 6) is 2.10. The van der Waals surface area contributed by atoms with Gasteiger partial charge in [-0.2, -0.15) is 0 Å². The van der Waals surface area contributed by atoms with Crippen LogP contribution in [-0.4, -0.2) is 9.96 Å². The van der Waals surface area contributed by atoms with Gasteiger partial charge in [0.15, 0.2) is 0 Å². The van der Waals surface area contributed by atoms with Gasteiger partial charge in [-0.1, -0.05) is 32.0 Å². The van der Waals surface area contributed by atoms with E-state index >= 15 is 0 Å². The largest absolute Gasteiger partial charge is 0.326 e. The predicted octanol–water partition coefficient (Wildman–Crippen LogP) is 2.75. The molecule has 0 bridgehead atoms. The van der Waals surface area contributed by atoms with Crippen LogP contribution in [0.5, 0.6) is 0 Å². The lowest BCUT2D eigenvalue weighted by atomic mass is 10.1. The van der Waals surface area contributed by atoms with Gasteiger partial charge in [-0.25, -0.2) is 0 Å². The van der Waals surface area contributed by atoms with Crippen LogP contribution in [0, 0.1) is 12.8 Å². The summed E-state index contributed by atoms with van der Waals surface area (Å²) in [4.78, 5) is 0. The molecule has 1 aromatic rings. The summed E-state index contributed by atoms with van der Waals surface area (Å²) in [7, 11) is -0.742. The molecule has 0 saturated heterocycles. The molecule has 1 aromatic carbocycles. The SMILES string of the molecule is Cc1cc(CN)ccc1CS(=O)CCC(C)C. The molecule has 0 radical (unpaired) electrons. The molecule has 2 nitrogen and oxygen atoms in total. The first kappa shape index (κ1) is 14.4. The summed E-state index contributed by atoms with van der Waals surface area (Å²) in [6, 6.07) is 6.18. The van der Waals surface area contributed by atoms with E-state index in [1.54, 1.807) is 0 Å². The normalized spacial score (nSPS) is 13.0. The van der Waals surface area contributed by atoms with Crippen molar-refractivity contribution in [3.63, 3.8) is 0 Å². The van der Waals surface area contributed by atoms with Crippen LogP contribution in [0.3, 0.4) is 0 Å². The Kier molecular flexibility index (Phi) is 5.86. The predicted molar refractivity (Wildman–Crippen MR) is 75.2 cm³/mol. The molecule has 0 amide bonds. The van der Waals surface area contributed by atoms with E-state index in [1.165, 1.54) is 11.1 Å². The van der Waals surface area contributed by atoms with E-state index in [0.29, 0.717) is 18.2 Å². The number of rotatable bonds is 6. The second-order valence-corrected chi connectivity index (χ2v) is 6.51. The minimum Gasteiger partial charge on any atom is -0.326 e. The lowest BCUT2D eigenvalue weighted by Gasteiger charge is -2.09. The number of hydrogen-bond donors (Lipinski definition) is 1. The van der Waals surface area contributed by atoms with Crippen LogP contribution in [0.15, 0.2) is 18.2 Å². The van der Waals surface area contributed by atoms with Crippen molar-refractivity contribution in [2.45, 2.75) is 39.5 Å². The molecule has 96 valence electrons. The van der Waals surface area contributed by atoms with Crippen LogP contribution >= 0.6 is 0 Å². The average Bonchev–Trinajstić information content (AvgIpc) is 2.29. The van der Waals surface area contributed by atoms with Crippen molar-refractivity contribution in [1.82, 2.24) is 0 Å². The maximum absolute atomic E-state index is 11.9. The van der Waals surface area contributed by atoms with Crippen LogP contribution in [0.2, 0.25) is 0 Å². The van der Waals surface area contributed by atoms with Crippen molar-refractivity contribution < 1.29 is 4.21 Å². The number of nitrogens with two attached hydrogens (primary N) is 1. The summed E-state index contributed by atoms with van der Waals surface area (Å²) in [6.07, 6.45) is 1.03. The molecule has 0 spiro atoms. The molecule has 0 aliphatic heterocycles. The zero-order valence-corrected chi connectivity index (χ0v) is 11.8. The molecule has 1 unspecified atom stereocenters. The smallest absolute Gasteiger partial charge is 0.0488 e. The van der Waals surface area contributed by atoms with E-state index in [1.807, 2.05) is 6.07 Å². The Balaban J connectivity index is 2.59. The fourth-order valence-corrected chi connectivity index (χ4v) is 3.21. The molecular formula is C14H23NOS. The van der Waals surface area contributed by atoms with Crippen molar-refractivity contribution in [1.29, 1.82) is 0 Å². The summed E-state index contributed by atoms with van der Waals surface area (Å²) in [5.41, 5.74) is 9.11. The molecule has 0 aliphatic carbocycles. The fraction of sp³-hybridized carbons (Fsp3) is 0.571. The van der Waals surface area contributed by atoms with Crippen molar-refractivity contribution in [2.75, 3.05) is 5.75 Å². The quantitative estimate of drug-likeness (QED) is 0.847. The van der Waals surface area contributed by atoms with Gasteiger partial charge in [0.05, 0.1) is 0 Å². The van der Waals surface area contributed by atoms with E-state index < -0.39 is 10.8 Å². The first-order chi connectivity index (χ1) is 8.02. The highest BCUT2D eigenvalue weighted by atomic mass is 32.2. The van der Waals surface area contributed by atoms with Crippen LogP contribution in [-0.2, 0) is 23.1 Å². The van der Waals surface area contributed by atoms with Gasteiger partial charge >= 0.3 is 0 Å². The molecule has 0 aromatic heterocycles. The Morgan fingerprint density at radius 2 is 2.06 bits per heavy atom. The van der Waals surface area contributed by atoms with Crippen molar-refractivity contribution >= 4 is 10.8 Å². The van der Waals surface area contributed by atoms with Crippen molar-refractivity contribution in [2.24, 2.45) is 11.7 Å². The Morgan fingerprint density at radius 3 is 2.59 bits per heavy atom. The maximum atomic E-state index is 11.9. The van der Waals surface area contributed by atoms with Gasteiger partial charge in [0.2, 0.25) is 0 Å². The Morgan fingerprint density at radius 1 is 1.35 bits per heavy atom. The number of aryl methyl sites for hydroxylation is 1. The van der Waals surface area contributed by atoms with Gasteiger partial charge in [0, 0.05) is 28.9 Å². The second kappa shape index (κ2) is 6.92. The summed E-state index contributed by atoms with van der Waals surface area (Å²) >= 11 is 0. The standard InChI is InChI=1S/C14H23NOS/c1-11(2)6-7-17(16)10-14-5-4-13(9-15)8-12(14)3/h4-5,8,11H,6-7,9-10,15H2,1-3H3. The number of hydrogen-bond acceptors (Lipinski definition) is 2. The highest BCUT2D eigenvalue weighted by molar-refractivity contribution is 7.84. The van der Waals surface area contributed by atoms with E-state index in [9.17, 15) is 4.21 Å². The van der Waals surface area contributed by atoms with Crippen LogP contribution in [0.1, 0.15) is 37.0 Å². The molecule has 0 saturated carbocycles. The van der Waals surface area contributed by atoms with E-state index in [2.05, 4.69) is 32.9 Å². The van der Waals surface area contributed by atoms with E-state index in [0.717, 1.165) is 17.7 Å². The first-order valence-corrected chi connectivity index (χ1v) is 7.65. The number of benzene rings is 1. The first-order valence-electron chi connectivity index (χ1n) is 6.16. The Hall–Kier alpha value is -0.670. The van der Waals surface area contributed by atoms with Gasteiger partial charge in [-0.15, -0.1) is 0 Å². The maximum Gasteiger partial charge on any atom is 0.0488 e. The summed E-state index contributed by atoms with van der Waals surface area (Å²) in [6.45, 7) is 6.96. The zero-order valence-electron chi connectivity index (χ0n) is 11.0. The lowest BCUT2D eigenvalue weighted by molar-refractivity contribution is 0.619. The summed E-state index contributed by atoms with van der Waals surface area (Å²) < 4.78 is 11.9. The average molecular weight is 253 g/mol. The second-order valence-electron chi connectivity index (χ2n) is 4.94. The van der Waals surface area contributed by atoms with E-state index in [-0.39, 0.29) is 0 Å². The fourth-order valence-electron chi connectivity index (χ4n) is 1.66. The summed E-state index contributed by atoms with van der Waals surface area (Å²) in [5, 5.41) is 0. The molecule has 0 fully saturated rings. The van der Waals surface area contributed by atoms with Crippen LogP contribution in [0.4, 0.5) is 0 Å². The van der Waals surface area contributed by atoms with Crippen LogP contribution in [0.25, 0.3) is 0 Å². The third kappa shape index (κ3) is 5.00. The minimum absolute atomic E-state index is 0.567. The van der Waals surface area contributed by atoms with Gasteiger partial charge in [0.1, 0.15) is 0 Å². The highest BCUT2D eigenvalue weighted by Gasteiger charge is 2.06. The van der Waals surface area contributed by atoms with Crippen molar-refractivity contribution in [3.8, 4) is 0 Å². The molecular weight excluding hydrogens is 230 g/mol. The third-order valence-electron chi connectivity index (χ3n) is 2.88. The van der Waals surface area contributed by atoms with E-state index in [4.69, 9.17) is 5.73 Å². The van der Waals surface area contributed by atoms with Gasteiger partial charge in [-0.3, -0.25) is 4.21 Å². The van der Waals surface area contributed by atoms with Gasteiger partial charge in [-0.05, 0) is 36.0 Å².